The summed E-state index contributed by atoms with van der Waals surface area (Å²) in [5.41, 5.74) is 0. The number of hydrogen-bond acceptors (Lipinski definition) is 3. The van der Waals surface area contributed by atoms with Gasteiger partial charge in [0.1, 0.15) is 0 Å². The van der Waals surface area contributed by atoms with Crippen molar-refractivity contribution < 1.29 is 4.74 Å². The van der Waals surface area contributed by atoms with Gasteiger partial charge in [-0.25, -0.2) is 0 Å². The van der Waals surface area contributed by atoms with Gasteiger partial charge in [-0.1, -0.05) is 6.92 Å². The monoisotopic (exact) mass is 243 g/mol. The highest BCUT2D eigenvalue weighted by atomic mass is 32.2. The Kier molecular flexibility index (Phi) is 5.46. The van der Waals surface area contributed by atoms with Crippen molar-refractivity contribution in [2.45, 2.75) is 51.2 Å². The molecule has 2 aliphatic heterocycles. The lowest BCUT2D eigenvalue weighted by molar-refractivity contribution is 0.0978. The second-order valence-corrected chi connectivity index (χ2v) is 6.15. The summed E-state index contributed by atoms with van der Waals surface area (Å²) in [6, 6.07) is 0.770. The van der Waals surface area contributed by atoms with Gasteiger partial charge in [0, 0.05) is 18.4 Å². The van der Waals surface area contributed by atoms with Gasteiger partial charge in [-0.15, -0.1) is 0 Å². The topological polar surface area (TPSA) is 21.3 Å². The molecule has 0 aromatic heterocycles. The number of hydrogen-bond donors (Lipinski definition) is 1. The van der Waals surface area contributed by atoms with E-state index in [1.165, 1.54) is 50.2 Å². The van der Waals surface area contributed by atoms with Crippen molar-refractivity contribution in [1.29, 1.82) is 0 Å². The predicted molar refractivity (Wildman–Crippen MR) is 71.1 cm³/mol. The van der Waals surface area contributed by atoms with Gasteiger partial charge in [0.15, 0.2) is 0 Å². The van der Waals surface area contributed by atoms with Gasteiger partial charge in [-0.05, 0) is 50.3 Å². The average molecular weight is 243 g/mol. The summed E-state index contributed by atoms with van der Waals surface area (Å²) in [6.45, 7) is 4.43. The molecule has 0 saturated carbocycles. The third kappa shape index (κ3) is 3.64. The van der Waals surface area contributed by atoms with Crippen molar-refractivity contribution in [1.82, 2.24) is 5.32 Å². The van der Waals surface area contributed by atoms with Gasteiger partial charge in [-0.3, -0.25) is 0 Å². The van der Waals surface area contributed by atoms with E-state index in [9.17, 15) is 0 Å². The van der Waals surface area contributed by atoms with Crippen LogP contribution in [-0.2, 0) is 4.74 Å². The molecule has 94 valence electrons. The van der Waals surface area contributed by atoms with Crippen molar-refractivity contribution in [2.75, 3.05) is 24.7 Å². The summed E-state index contributed by atoms with van der Waals surface area (Å²) in [7, 11) is 0. The lowest BCUT2D eigenvalue weighted by Crippen LogP contribution is -2.36. The molecule has 16 heavy (non-hydrogen) atoms. The largest absolute Gasteiger partial charge is 0.378 e. The maximum Gasteiger partial charge on any atom is 0.0576 e. The zero-order chi connectivity index (χ0) is 11.2. The van der Waals surface area contributed by atoms with Gasteiger partial charge in [-0.2, -0.15) is 11.8 Å². The van der Waals surface area contributed by atoms with Crippen molar-refractivity contribution in [3.8, 4) is 0 Å². The van der Waals surface area contributed by atoms with Gasteiger partial charge in [0.05, 0.1) is 6.10 Å². The standard InChI is InChI=1S/C13H25NOS/c1-2-7-14-13-10-16-9-11(13)5-6-12-4-3-8-15-12/h11-14H,2-10H2,1H3. The summed E-state index contributed by atoms with van der Waals surface area (Å²) in [6.07, 6.45) is 7.06. The molecule has 0 aliphatic carbocycles. The van der Waals surface area contributed by atoms with E-state index in [0.717, 1.165) is 18.6 Å². The molecule has 0 aromatic rings. The molecule has 2 heterocycles. The van der Waals surface area contributed by atoms with Crippen molar-refractivity contribution in [3.63, 3.8) is 0 Å². The number of rotatable bonds is 6. The third-order valence-corrected chi connectivity index (χ3v) is 5.00. The van der Waals surface area contributed by atoms with E-state index in [1.54, 1.807) is 0 Å². The molecule has 3 atom stereocenters. The van der Waals surface area contributed by atoms with E-state index in [0.29, 0.717) is 6.10 Å². The quantitative estimate of drug-likeness (QED) is 0.775. The molecule has 1 N–H and O–H groups in total. The first kappa shape index (κ1) is 12.7. The zero-order valence-corrected chi connectivity index (χ0v) is 11.2. The Morgan fingerprint density at radius 2 is 2.25 bits per heavy atom. The Labute approximate surface area is 104 Å². The first-order chi connectivity index (χ1) is 7.90. The van der Waals surface area contributed by atoms with Crippen LogP contribution in [-0.4, -0.2) is 36.8 Å². The minimum Gasteiger partial charge on any atom is -0.378 e. The van der Waals surface area contributed by atoms with Crippen LogP contribution in [0, 0.1) is 5.92 Å². The highest BCUT2D eigenvalue weighted by Gasteiger charge is 2.28. The molecule has 2 rings (SSSR count). The van der Waals surface area contributed by atoms with Crippen LogP contribution >= 0.6 is 11.8 Å². The fourth-order valence-electron chi connectivity index (χ4n) is 2.71. The lowest BCUT2D eigenvalue weighted by atomic mass is 9.95. The van der Waals surface area contributed by atoms with Crippen molar-refractivity contribution in [3.05, 3.63) is 0 Å². The molecule has 0 bridgehead atoms. The molecule has 0 radical (unpaired) electrons. The van der Waals surface area contributed by atoms with Crippen LogP contribution in [0.15, 0.2) is 0 Å². The second-order valence-electron chi connectivity index (χ2n) is 5.07. The van der Waals surface area contributed by atoms with Gasteiger partial charge in [0.25, 0.3) is 0 Å². The van der Waals surface area contributed by atoms with Crippen LogP contribution in [0.4, 0.5) is 0 Å². The zero-order valence-electron chi connectivity index (χ0n) is 10.4. The normalized spacial score (nSPS) is 34.7. The van der Waals surface area contributed by atoms with E-state index >= 15 is 0 Å². The Morgan fingerprint density at radius 3 is 3.00 bits per heavy atom. The fraction of sp³-hybridized carbons (Fsp3) is 1.00. The Bertz CT molecular complexity index is 194. The summed E-state index contributed by atoms with van der Waals surface area (Å²) in [5, 5.41) is 3.70. The maximum atomic E-state index is 5.70. The molecule has 3 heteroatoms. The minimum atomic E-state index is 0.581. The van der Waals surface area contributed by atoms with Crippen LogP contribution < -0.4 is 5.32 Å². The van der Waals surface area contributed by atoms with Crippen LogP contribution in [0.5, 0.6) is 0 Å². The van der Waals surface area contributed by atoms with Crippen molar-refractivity contribution >= 4 is 11.8 Å². The molecule has 0 spiro atoms. The molecule has 2 nitrogen and oxygen atoms in total. The molecule has 0 amide bonds. The summed E-state index contributed by atoms with van der Waals surface area (Å²) < 4.78 is 5.70. The van der Waals surface area contributed by atoms with Crippen molar-refractivity contribution in [2.24, 2.45) is 5.92 Å². The predicted octanol–water partition coefficient (Wildman–Crippen LogP) is 2.68. The third-order valence-electron chi connectivity index (χ3n) is 3.74. The van der Waals surface area contributed by atoms with Crippen LogP contribution in [0.1, 0.15) is 39.0 Å². The fourth-order valence-corrected chi connectivity index (χ4v) is 4.19. The Morgan fingerprint density at radius 1 is 1.31 bits per heavy atom. The highest BCUT2D eigenvalue weighted by Crippen LogP contribution is 2.30. The second kappa shape index (κ2) is 6.87. The molecular formula is C13H25NOS. The smallest absolute Gasteiger partial charge is 0.0576 e. The summed E-state index contributed by atoms with van der Waals surface area (Å²) in [4.78, 5) is 0. The van der Waals surface area contributed by atoms with Gasteiger partial charge in [0.2, 0.25) is 0 Å². The molecular weight excluding hydrogens is 218 g/mol. The number of thioether (sulfide) groups is 1. The van der Waals surface area contributed by atoms with E-state index < -0.39 is 0 Å². The van der Waals surface area contributed by atoms with E-state index in [2.05, 4.69) is 24.0 Å². The number of nitrogens with one attached hydrogen (secondary N) is 1. The molecule has 0 aromatic carbocycles. The van der Waals surface area contributed by atoms with E-state index in [-0.39, 0.29) is 0 Å². The van der Waals surface area contributed by atoms with Crippen LogP contribution in [0.3, 0.4) is 0 Å². The SMILES string of the molecule is CCCNC1CSCC1CCC1CCCO1. The average Bonchev–Trinajstić information content (AvgIpc) is 2.94. The number of ether oxygens (including phenoxy) is 1. The highest BCUT2D eigenvalue weighted by molar-refractivity contribution is 7.99. The first-order valence-electron chi connectivity index (χ1n) is 6.83. The van der Waals surface area contributed by atoms with E-state index in [1.807, 2.05) is 0 Å². The minimum absolute atomic E-state index is 0.581. The molecule has 3 unspecified atom stereocenters. The lowest BCUT2D eigenvalue weighted by Gasteiger charge is -2.21. The van der Waals surface area contributed by atoms with Crippen LogP contribution in [0.2, 0.25) is 0 Å². The van der Waals surface area contributed by atoms with Crippen LogP contribution in [0.25, 0.3) is 0 Å². The maximum absolute atomic E-state index is 5.70. The molecule has 2 saturated heterocycles. The van der Waals surface area contributed by atoms with Gasteiger partial charge >= 0.3 is 0 Å². The first-order valence-corrected chi connectivity index (χ1v) is 7.98. The Hall–Kier alpha value is 0.270. The van der Waals surface area contributed by atoms with Gasteiger partial charge < -0.3 is 10.1 Å². The summed E-state index contributed by atoms with van der Waals surface area (Å²) in [5.74, 6) is 3.56. The molecule has 2 fully saturated rings. The molecule has 2 aliphatic rings. The van der Waals surface area contributed by atoms with E-state index in [4.69, 9.17) is 4.74 Å². The Balaban J connectivity index is 1.66. The summed E-state index contributed by atoms with van der Waals surface area (Å²) >= 11 is 2.12.